The highest BCUT2D eigenvalue weighted by Gasteiger charge is 2.24. The number of alkyl halides is 1. The zero-order chi connectivity index (χ0) is 9.97. The van der Waals surface area contributed by atoms with Gasteiger partial charge in [-0.15, -0.1) is 0 Å². The smallest absolute Gasteiger partial charge is 0.0177 e. The van der Waals surface area contributed by atoms with Crippen LogP contribution in [0.4, 0.5) is 0 Å². The van der Waals surface area contributed by atoms with Crippen LogP contribution < -0.4 is 0 Å². The first-order chi connectivity index (χ1) is 6.75. The normalized spacial score (nSPS) is 26.7. The third-order valence-electron chi connectivity index (χ3n) is 2.98. The number of hydrogen-bond acceptors (Lipinski definition) is 0. The molecule has 0 saturated heterocycles. The Hall–Kier alpha value is 0.430. The predicted molar refractivity (Wildman–Crippen MR) is 72.9 cm³/mol. The van der Waals surface area contributed by atoms with E-state index in [0.717, 1.165) is 10.7 Å². The second-order valence-electron chi connectivity index (χ2n) is 4.04. The van der Waals surface area contributed by atoms with Crippen LogP contribution in [0.2, 0.25) is 0 Å². The summed E-state index contributed by atoms with van der Waals surface area (Å²) in [6.45, 7) is 0. The van der Waals surface area contributed by atoms with Crippen molar-refractivity contribution in [1.29, 1.82) is 0 Å². The van der Waals surface area contributed by atoms with E-state index < -0.39 is 0 Å². The van der Waals surface area contributed by atoms with Crippen molar-refractivity contribution in [2.45, 2.75) is 30.5 Å². The Morgan fingerprint density at radius 1 is 1.21 bits per heavy atom. The second kappa shape index (κ2) is 4.97. The van der Waals surface area contributed by atoms with Gasteiger partial charge in [0.2, 0.25) is 0 Å². The average molecular weight is 365 g/mol. The van der Waals surface area contributed by atoms with Gasteiger partial charge in [-0.1, -0.05) is 34.5 Å². The second-order valence-corrected chi connectivity index (χ2v) is 6.46. The molecule has 14 heavy (non-hydrogen) atoms. The van der Waals surface area contributed by atoms with E-state index in [1.165, 1.54) is 34.8 Å². The summed E-state index contributed by atoms with van der Waals surface area (Å²) in [5.41, 5.74) is 1.49. The first-order valence-electron chi connectivity index (χ1n) is 5.14. The van der Waals surface area contributed by atoms with Crippen LogP contribution >= 0.6 is 38.5 Å². The average Bonchev–Trinajstić information content (AvgIpc) is 2.56. The van der Waals surface area contributed by atoms with Crippen molar-refractivity contribution >= 4 is 38.5 Å². The van der Waals surface area contributed by atoms with Gasteiger partial charge in [0.15, 0.2) is 0 Å². The number of benzene rings is 1. The van der Waals surface area contributed by atoms with E-state index in [0.29, 0.717) is 0 Å². The van der Waals surface area contributed by atoms with Gasteiger partial charge < -0.3 is 0 Å². The lowest BCUT2D eigenvalue weighted by Crippen LogP contribution is -2.09. The van der Waals surface area contributed by atoms with Gasteiger partial charge in [0.25, 0.3) is 0 Å². The van der Waals surface area contributed by atoms with E-state index in [-0.39, 0.29) is 0 Å². The van der Waals surface area contributed by atoms with Crippen LogP contribution in [-0.4, -0.2) is 4.83 Å². The fraction of sp³-hybridized carbons (Fsp3) is 0.500. The molecule has 2 unspecified atom stereocenters. The van der Waals surface area contributed by atoms with Crippen LogP contribution in [0.25, 0.3) is 0 Å². The minimum Gasteiger partial charge on any atom is -0.0888 e. The van der Waals surface area contributed by atoms with E-state index in [4.69, 9.17) is 0 Å². The Bertz CT molecular complexity index is 294. The number of hydrogen-bond donors (Lipinski definition) is 0. The number of rotatable bonds is 2. The van der Waals surface area contributed by atoms with Gasteiger partial charge in [-0.2, -0.15) is 0 Å². The summed E-state index contributed by atoms with van der Waals surface area (Å²) < 4.78 is 1.33. The topological polar surface area (TPSA) is 0 Å². The Morgan fingerprint density at radius 2 is 1.93 bits per heavy atom. The molecule has 2 atom stereocenters. The summed E-state index contributed by atoms with van der Waals surface area (Å²) in [5, 5.41) is 0. The minimum atomic E-state index is 0.752. The van der Waals surface area contributed by atoms with Crippen LogP contribution in [0.1, 0.15) is 24.8 Å². The van der Waals surface area contributed by atoms with Gasteiger partial charge >= 0.3 is 0 Å². The van der Waals surface area contributed by atoms with Crippen LogP contribution in [0, 0.1) is 9.49 Å². The molecule has 2 heteroatoms. The molecular formula is C12H14BrI. The highest BCUT2D eigenvalue weighted by Crippen LogP contribution is 2.33. The molecule has 1 saturated carbocycles. The predicted octanol–water partition coefficient (Wildman–Crippen LogP) is 4.40. The highest BCUT2D eigenvalue weighted by molar-refractivity contribution is 14.1. The summed E-state index contributed by atoms with van der Waals surface area (Å²) in [6.07, 6.45) is 5.38. The largest absolute Gasteiger partial charge is 0.0888 e. The summed E-state index contributed by atoms with van der Waals surface area (Å²) in [7, 11) is 0. The van der Waals surface area contributed by atoms with E-state index in [9.17, 15) is 0 Å². The molecule has 76 valence electrons. The van der Waals surface area contributed by atoms with Gasteiger partial charge in [-0.05, 0) is 65.5 Å². The van der Waals surface area contributed by atoms with Gasteiger partial charge in [0, 0.05) is 8.40 Å². The SMILES string of the molecule is BrC1CCCC1Cc1ccc(I)cc1. The maximum Gasteiger partial charge on any atom is 0.0177 e. The summed E-state index contributed by atoms with van der Waals surface area (Å²) in [4.78, 5) is 0.752. The highest BCUT2D eigenvalue weighted by atomic mass is 127. The van der Waals surface area contributed by atoms with Crippen LogP contribution in [0.15, 0.2) is 24.3 Å². The Kier molecular flexibility index (Phi) is 3.88. The van der Waals surface area contributed by atoms with Crippen molar-refractivity contribution in [3.8, 4) is 0 Å². The maximum absolute atomic E-state index is 3.78. The van der Waals surface area contributed by atoms with Crippen LogP contribution in [0.5, 0.6) is 0 Å². The molecular weight excluding hydrogens is 351 g/mol. The van der Waals surface area contributed by atoms with Gasteiger partial charge in [0.1, 0.15) is 0 Å². The molecule has 0 aromatic heterocycles. The van der Waals surface area contributed by atoms with E-state index in [1.807, 2.05) is 0 Å². The zero-order valence-corrected chi connectivity index (χ0v) is 11.8. The molecule has 1 aromatic rings. The van der Waals surface area contributed by atoms with Crippen molar-refractivity contribution in [2.75, 3.05) is 0 Å². The van der Waals surface area contributed by atoms with Gasteiger partial charge in [0.05, 0.1) is 0 Å². The summed E-state index contributed by atoms with van der Waals surface area (Å²) >= 11 is 6.13. The van der Waals surface area contributed by atoms with Crippen molar-refractivity contribution in [1.82, 2.24) is 0 Å². The third-order valence-corrected chi connectivity index (χ3v) is 4.90. The zero-order valence-electron chi connectivity index (χ0n) is 8.05. The first kappa shape index (κ1) is 10.9. The molecule has 0 amide bonds. The van der Waals surface area contributed by atoms with E-state index >= 15 is 0 Å². The molecule has 0 aliphatic heterocycles. The Labute approximate surface area is 108 Å². The molecule has 0 radical (unpaired) electrons. The van der Waals surface area contributed by atoms with Gasteiger partial charge in [-0.3, -0.25) is 0 Å². The number of halogens is 2. The van der Waals surface area contributed by atoms with Crippen molar-refractivity contribution in [2.24, 2.45) is 5.92 Å². The first-order valence-corrected chi connectivity index (χ1v) is 7.13. The molecule has 0 spiro atoms. The maximum atomic E-state index is 3.78. The van der Waals surface area contributed by atoms with E-state index in [1.54, 1.807) is 0 Å². The molecule has 1 aliphatic rings. The lowest BCUT2D eigenvalue weighted by molar-refractivity contribution is 0.562. The quantitative estimate of drug-likeness (QED) is 0.539. The monoisotopic (exact) mass is 364 g/mol. The Morgan fingerprint density at radius 3 is 2.50 bits per heavy atom. The fourth-order valence-corrected chi connectivity index (χ4v) is 3.28. The molecule has 1 aromatic carbocycles. The molecule has 0 N–H and O–H groups in total. The van der Waals surface area contributed by atoms with Crippen molar-refractivity contribution in [3.05, 3.63) is 33.4 Å². The molecule has 1 fully saturated rings. The Balaban J connectivity index is 2.00. The lowest BCUT2D eigenvalue weighted by atomic mass is 9.98. The van der Waals surface area contributed by atoms with Crippen LogP contribution in [-0.2, 0) is 6.42 Å². The molecule has 0 heterocycles. The van der Waals surface area contributed by atoms with Crippen molar-refractivity contribution in [3.63, 3.8) is 0 Å². The van der Waals surface area contributed by atoms with E-state index in [2.05, 4.69) is 62.8 Å². The molecule has 1 aliphatic carbocycles. The summed E-state index contributed by atoms with van der Waals surface area (Å²) in [6, 6.07) is 8.93. The fourth-order valence-electron chi connectivity index (χ4n) is 2.14. The standard InChI is InChI=1S/C12H14BrI/c13-12-3-1-2-10(12)8-9-4-6-11(14)7-5-9/h4-7,10,12H,1-3,8H2. The molecule has 2 rings (SSSR count). The third kappa shape index (κ3) is 2.72. The van der Waals surface area contributed by atoms with Gasteiger partial charge in [-0.25, -0.2) is 0 Å². The lowest BCUT2D eigenvalue weighted by Gasteiger charge is -2.13. The van der Waals surface area contributed by atoms with Crippen molar-refractivity contribution < 1.29 is 0 Å². The minimum absolute atomic E-state index is 0.752. The summed E-state index contributed by atoms with van der Waals surface area (Å²) in [5.74, 6) is 0.857. The van der Waals surface area contributed by atoms with Crippen LogP contribution in [0.3, 0.4) is 0 Å². The molecule has 0 nitrogen and oxygen atoms in total. The molecule has 0 bridgehead atoms.